The van der Waals surface area contributed by atoms with E-state index in [-0.39, 0.29) is 25.4 Å². The zero-order valence-electron chi connectivity index (χ0n) is 21.3. The zero-order chi connectivity index (χ0) is 27.6. The summed E-state index contributed by atoms with van der Waals surface area (Å²) < 4.78 is 6.77. The molecule has 0 aliphatic heterocycles. The number of anilines is 1. The van der Waals surface area contributed by atoms with Crippen molar-refractivity contribution in [2.24, 2.45) is 0 Å². The van der Waals surface area contributed by atoms with Gasteiger partial charge in [0, 0.05) is 43.5 Å². The Labute approximate surface area is 225 Å². The molecule has 0 atom stereocenters. The maximum absolute atomic E-state index is 13.1. The molecule has 3 aromatic carbocycles. The third kappa shape index (κ3) is 7.24. The van der Waals surface area contributed by atoms with Gasteiger partial charge >= 0.3 is 0 Å². The number of carbonyl (C=O) groups excluding carboxylic acids is 2. The summed E-state index contributed by atoms with van der Waals surface area (Å²) in [5.74, 6) is -0.340. The quantitative estimate of drug-likeness (QED) is 0.174. The molecule has 10 heteroatoms. The molecule has 0 aliphatic rings. The van der Waals surface area contributed by atoms with E-state index in [9.17, 15) is 19.7 Å². The van der Waals surface area contributed by atoms with Crippen LogP contribution in [0.2, 0.25) is 0 Å². The maximum Gasteiger partial charge on any atom is 0.269 e. The Hall–Kier alpha value is -5.09. The number of nitrogens with zero attached hydrogens (tertiary/aromatic N) is 4. The minimum atomic E-state index is -0.490. The SMILES string of the molecule is COCCN(CC(=O)Nc1cc(-c2ccccc2)nn1-c1ccccc1)C(=O)C=Cc1ccc([N+](=O)[O-])cc1. The van der Waals surface area contributed by atoms with Gasteiger partial charge in [0.15, 0.2) is 0 Å². The van der Waals surface area contributed by atoms with E-state index in [0.29, 0.717) is 17.1 Å². The lowest BCUT2D eigenvalue weighted by Gasteiger charge is -2.20. The summed E-state index contributed by atoms with van der Waals surface area (Å²) in [6.07, 6.45) is 2.87. The number of amides is 2. The van der Waals surface area contributed by atoms with Gasteiger partial charge in [-0.1, -0.05) is 48.5 Å². The predicted octanol–water partition coefficient (Wildman–Crippen LogP) is 4.57. The van der Waals surface area contributed by atoms with Crippen molar-refractivity contribution in [1.82, 2.24) is 14.7 Å². The summed E-state index contributed by atoms with van der Waals surface area (Å²) in [5, 5.41) is 18.4. The molecule has 0 bridgehead atoms. The summed E-state index contributed by atoms with van der Waals surface area (Å²) in [6.45, 7) is 0.221. The number of benzene rings is 3. The van der Waals surface area contributed by atoms with E-state index >= 15 is 0 Å². The molecule has 1 N–H and O–H groups in total. The molecule has 4 rings (SSSR count). The van der Waals surface area contributed by atoms with Crippen molar-refractivity contribution in [3.63, 3.8) is 0 Å². The number of nitrogens with one attached hydrogen (secondary N) is 1. The van der Waals surface area contributed by atoms with Crippen LogP contribution >= 0.6 is 0 Å². The Bertz CT molecular complexity index is 1450. The lowest BCUT2D eigenvalue weighted by Crippen LogP contribution is -2.39. The lowest BCUT2D eigenvalue weighted by molar-refractivity contribution is -0.384. The summed E-state index contributed by atoms with van der Waals surface area (Å²) in [6, 6.07) is 26.6. The van der Waals surface area contributed by atoms with Crippen LogP contribution in [0.25, 0.3) is 23.0 Å². The van der Waals surface area contributed by atoms with E-state index in [1.807, 2.05) is 60.7 Å². The monoisotopic (exact) mass is 525 g/mol. The molecule has 10 nitrogen and oxygen atoms in total. The number of hydrogen-bond acceptors (Lipinski definition) is 6. The molecule has 2 amide bonds. The summed E-state index contributed by atoms with van der Waals surface area (Å²) >= 11 is 0. The van der Waals surface area contributed by atoms with Crippen LogP contribution in [0.4, 0.5) is 11.5 Å². The van der Waals surface area contributed by atoms with Gasteiger partial charge in [0.25, 0.3) is 5.69 Å². The van der Waals surface area contributed by atoms with Crippen LogP contribution in [-0.2, 0) is 14.3 Å². The molecule has 0 saturated carbocycles. The van der Waals surface area contributed by atoms with Crippen LogP contribution < -0.4 is 5.32 Å². The highest BCUT2D eigenvalue weighted by molar-refractivity contribution is 5.98. The van der Waals surface area contributed by atoms with E-state index in [1.165, 1.54) is 30.2 Å². The molecular weight excluding hydrogens is 498 g/mol. The smallest absolute Gasteiger partial charge is 0.269 e. The number of rotatable bonds is 11. The van der Waals surface area contributed by atoms with Gasteiger partial charge in [0.1, 0.15) is 12.4 Å². The number of ether oxygens (including phenoxy) is 1. The van der Waals surface area contributed by atoms with Crippen LogP contribution in [-0.4, -0.2) is 58.2 Å². The minimum absolute atomic E-state index is 0.0398. The van der Waals surface area contributed by atoms with Crippen molar-refractivity contribution < 1.29 is 19.2 Å². The van der Waals surface area contributed by atoms with E-state index in [1.54, 1.807) is 29.0 Å². The molecule has 39 heavy (non-hydrogen) atoms. The van der Waals surface area contributed by atoms with Gasteiger partial charge in [0.2, 0.25) is 11.8 Å². The first-order valence-electron chi connectivity index (χ1n) is 12.2. The number of nitro groups is 1. The molecule has 0 fully saturated rings. The molecule has 0 radical (unpaired) electrons. The Morgan fingerprint density at radius 2 is 1.69 bits per heavy atom. The molecule has 1 heterocycles. The highest BCUT2D eigenvalue weighted by Gasteiger charge is 2.18. The van der Waals surface area contributed by atoms with Gasteiger partial charge in [-0.05, 0) is 35.9 Å². The van der Waals surface area contributed by atoms with Crippen molar-refractivity contribution in [3.8, 4) is 16.9 Å². The maximum atomic E-state index is 13.1. The molecule has 1 aromatic heterocycles. The largest absolute Gasteiger partial charge is 0.383 e. The summed E-state index contributed by atoms with van der Waals surface area (Å²) in [7, 11) is 1.51. The first-order chi connectivity index (χ1) is 18.9. The Kier molecular flexibility index (Phi) is 8.94. The van der Waals surface area contributed by atoms with E-state index in [0.717, 1.165) is 11.3 Å². The van der Waals surface area contributed by atoms with Crippen molar-refractivity contribution in [2.75, 3.05) is 32.1 Å². The van der Waals surface area contributed by atoms with E-state index in [4.69, 9.17) is 9.84 Å². The van der Waals surface area contributed by atoms with Crippen LogP contribution in [0.3, 0.4) is 0 Å². The number of methoxy groups -OCH3 is 1. The van der Waals surface area contributed by atoms with Crippen LogP contribution in [0, 0.1) is 10.1 Å². The van der Waals surface area contributed by atoms with Gasteiger partial charge < -0.3 is 15.0 Å². The fourth-order valence-electron chi connectivity index (χ4n) is 3.79. The standard InChI is InChI=1S/C29H27N5O5/c1-39-19-18-32(29(36)17-14-22-12-15-25(16-13-22)34(37)38)21-28(35)30-27-20-26(23-8-4-2-5-9-23)31-33(27)24-10-6-3-7-11-24/h2-17,20H,18-19,21H2,1H3,(H,30,35). The molecule has 0 spiro atoms. The van der Waals surface area contributed by atoms with Gasteiger partial charge in [-0.15, -0.1) is 0 Å². The summed E-state index contributed by atoms with van der Waals surface area (Å²) in [4.78, 5) is 37.8. The van der Waals surface area contributed by atoms with Gasteiger partial charge in [-0.25, -0.2) is 4.68 Å². The highest BCUT2D eigenvalue weighted by Crippen LogP contribution is 2.24. The zero-order valence-corrected chi connectivity index (χ0v) is 21.3. The second-order valence-corrected chi connectivity index (χ2v) is 8.51. The van der Waals surface area contributed by atoms with E-state index in [2.05, 4.69) is 5.32 Å². The second kappa shape index (κ2) is 12.9. The fourth-order valence-corrected chi connectivity index (χ4v) is 3.79. The lowest BCUT2D eigenvalue weighted by atomic mass is 10.1. The van der Waals surface area contributed by atoms with Gasteiger partial charge in [-0.3, -0.25) is 19.7 Å². The number of hydrogen-bond donors (Lipinski definition) is 1. The molecule has 0 unspecified atom stereocenters. The van der Waals surface area contributed by atoms with Gasteiger partial charge in [0.05, 0.1) is 22.9 Å². The van der Waals surface area contributed by atoms with Crippen LogP contribution in [0.1, 0.15) is 5.56 Å². The molecule has 198 valence electrons. The first kappa shape index (κ1) is 27.0. The predicted molar refractivity (Wildman–Crippen MR) is 148 cm³/mol. The Balaban J connectivity index is 1.51. The molecular formula is C29H27N5O5. The van der Waals surface area contributed by atoms with E-state index < -0.39 is 16.7 Å². The summed E-state index contributed by atoms with van der Waals surface area (Å²) in [5.41, 5.74) is 2.93. The fraction of sp³-hybridized carbons (Fsp3) is 0.138. The van der Waals surface area contributed by atoms with Crippen molar-refractivity contribution >= 4 is 29.4 Å². The molecule has 0 aliphatic carbocycles. The second-order valence-electron chi connectivity index (χ2n) is 8.51. The number of para-hydroxylation sites is 1. The normalized spacial score (nSPS) is 10.9. The number of carbonyl (C=O) groups is 2. The number of nitro benzene ring substituents is 1. The average Bonchev–Trinajstić information content (AvgIpc) is 3.38. The third-order valence-corrected chi connectivity index (χ3v) is 5.78. The molecule has 0 saturated heterocycles. The number of aromatic nitrogens is 2. The highest BCUT2D eigenvalue weighted by atomic mass is 16.6. The third-order valence-electron chi connectivity index (χ3n) is 5.78. The van der Waals surface area contributed by atoms with Gasteiger partial charge in [-0.2, -0.15) is 5.10 Å². The van der Waals surface area contributed by atoms with Crippen LogP contribution in [0.15, 0.2) is 97.1 Å². The van der Waals surface area contributed by atoms with Crippen molar-refractivity contribution in [1.29, 1.82) is 0 Å². The molecule has 4 aromatic rings. The van der Waals surface area contributed by atoms with Crippen molar-refractivity contribution in [3.05, 3.63) is 113 Å². The van der Waals surface area contributed by atoms with Crippen molar-refractivity contribution in [2.45, 2.75) is 0 Å². The Morgan fingerprint density at radius 1 is 1.03 bits per heavy atom. The topological polar surface area (TPSA) is 120 Å². The minimum Gasteiger partial charge on any atom is -0.383 e. The Morgan fingerprint density at radius 3 is 2.33 bits per heavy atom. The average molecular weight is 526 g/mol. The van der Waals surface area contributed by atoms with Crippen LogP contribution in [0.5, 0.6) is 0 Å². The first-order valence-corrected chi connectivity index (χ1v) is 12.2. The number of non-ortho nitro benzene ring substituents is 1.